The summed E-state index contributed by atoms with van der Waals surface area (Å²) >= 11 is 1.38. The van der Waals surface area contributed by atoms with Gasteiger partial charge in [-0.05, 0) is 0 Å². The lowest BCUT2D eigenvalue weighted by atomic mass is 10.3. The van der Waals surface area contributed by atoms with Crippen molar-refractivity contribution in [3.8, 4) is 0 Å². The van der Waals surface area contributed by atoms with Crippen molar-refractivity contribution in [3.05, 3.63) is 0 Å². The molecular weight excluding hydrogens is 222 g/mol. The molecule has 7 heteroatoms. The van der Waals surface area contributed by atoms with Gasteiger partial charge in [-0.2, -0.15) is 0 Å². The topological polar surface area (TPSA) is 95.9 Å². The molecule has 0 aromatic carbocycles. The number of carbonyl (C=O) groups is 2. The Kier molecular flexibility index (Phi) is 8.06. The Hall–Kier alpha value is -0.790. The number of thioether (sulfide) groups is 1. The first kappa shape index (κ1) is 14.2. The van der Waals surface area contributed by atoms with Gasteiger partial charge in [-0.15, -0.1) is 11.8 Å². The zero-order valence-electron chi connectivity index (χ0n) is 8.43. The van der Waals surface area contributed by atoms with E-state index in [-0.39, 0.29) is 18.2 Å². The fourth-order valence-corrected chi connectivity index (χ4v) is 1.37. The molecular formula is C8H15NO5S. The molecule has 0 aliphatic heterocycles. The van der Waals surface area contributed by atoms with E-state index in [0.29, 0.717) is 12.4 Å². The Balaban J connectivity index is 3.45. The molecule has 1 amide bonds. The molecule has 1 atom stereocenters. The van der Waals surface area contributed by atoms with Gasteiger partial charge < -0.3 is 20.3 Å². The lowest BCUT2D eigenvalue weighted by molar-refractivity contribution is -0.146. The number of aliphatic carboxylic acids is 1. The minimum absolute atomic E-state index is 0.232. The van der Waals surface area contributed by atoms with Crippen LogP contribution < -0.4 is 5.32 Å². The number of carboxylic acids is 1. The standard InChI is InChI=1S/C8H15NO5S/c1-14-2-3-15-5-7(11)9-4-6(10)8(12)13/h6,10H,2-5H2,1H3,(H,9,11)(H,12,13). The number of rotatable bonds is 8. The van der Waals surface area contributed by atoms with Gasteiger partial charge in [0, 0.05) is 12.9 Å². The Morgan fingerprint density at radius 3 is 2.73 bits per heavy atom. The molecule has 0 radical (unpaired) electrons. The molecule has 0 fully saturated rings. The van der Waals surface area contributed by atoms with Crippen LogP contribution in [0.15, 0.2) is 0 Å². The van der Waals surface area contributed by atoms with E-state index >= 15 is 0 Å². The fraction of sp³-hybridized carbons (Fsp3) is 0.750. The summed E-state index contributed by atoms with van der Waals surface area (Å²) in [5.74, 6) is -0.708. The first-order valence-corrected chi connectivity index (χ1v) is 5.47. The quantitative estimate of drug-likeness (QED) is 0.465. The zero-order valence-corrected chi connectivity index (χ0v) is 9.25. The smallest absolute Gasteiger partial charge is 0.334 e. The van der Waals surface area contributed by atoms with E-state index < -0.39 is 12.1 Å². The summed E-state index contributed by atoms with van der Waals surface area (Å²) in [5.41, 5.74) is 0. The SMILES string of the molecule is COCCSCC(=O)NCC(O)C(=O)O. The van der Waals surface area contributed by atoms with Crippen molar-refractivity contribution in [2.45, 2.75) is 6.10 Å². The van der Waals surface area contributed by atoms with Gasteiger partial charge in [0.25, 0.3) is 0 Å². The van der Waals surface area contributed by atoms with Gasteiger partial charge in [-0.1, -0.05) is 0 Å². The first-order chi connectivity index (χ1) is 7.07. The fourth-order valence-electron chi connectivity index (χ4n) is 0.656. The summed E-state index contributed by atoms with van der Waals surface area (Å²) in [6, 6.07) is 0. The lowest BCUT2D eigenvalue weighted by Gasteiger charge is -2.07. The van der Waals surface area contributed by atoms with Crippen molar-refractivity contribution >= 4 is 23.6 Å². The predicted molar refractivity (Wildman–Crippen MR) is 55.9 cm³/mol. The number of carboxylic acid groups (broad SMARTS) is 1. The van der Waals surface area contributed by atoms with Crippen molar-refractivity contribution in [2.75, 3.05) is 31.8 Å². The van der Waals surface area contributed by atoms with Crippen LogP contribution in [0.25, 0.3) is 0 Å². The molecule has 1 unspecified atom stereocenters. The molecule has 0 aliphatic carbocycles. The van der Waals surface area contributed by atoms with E-state index in [1.165, 1.54) is 11.8 Å². The average Bonchev–Trinajstić information content (AvgIpc) is 2.20. The van der Waals surface area contributed by atoms with E-state index in [0.717, 1.165) is 0 Å². The second-order valence-corrected chi connectivity index (χ2v) is 3.81. The lowest BCUT2D eigenvalue weighted by Crippen LogP contribution is -2.37. The molecule has 0 saturated heterocycles. The summed E-state index contributed by atoms with van der Waals surface area (Å²) in [6.07, 6.45) is -1.54. The highest BCUT2D eigenvalue weighted by atomic mass is 32.2. The molecule has 0 aliphatic rings. The van der Waals surface area contributed by atoms with Crippen LogP contribution in [0, 0.1) is 0 Å². The van der Waals surface area contributed by atoms with Crippen LogP contribution >= 0.6 is 11.8 Å². The number of methoxy groups -OCH3 is 1. The summed E-state index contributed by atoms with van der Waals surface area (Å²) in [4.78, 5) is 21.2. The Morgan fingerprint density at radius 2 is 2.20 bits per heavy atom. The van der Waals surface area contributed by atoms with E-state index in [1.54, 1.807) is 7.11 Å². The largest absolute Gasteiger partial charge is 0.479 e. The van der Waals surface area contributed by atoms with Crippen molar-refractivity contribution in [2.24, 2.45) is 0 Å². The molecule has 88 valence electrons. The Labute approximate surface area is 92.0 Å². The molecule has 3 N–H and O–H groups in total. The van der Waals surface area contributed by atoms with E-state index in [1.807, 2.05) is 0 Å². The molecule has 6 nitrogen and oxygen atoms in total. The molecule has 0 bridgehead atoms. The molecule has 0 aromatic rings. The predicted octanol–water partition coefficient (Wildman–Crippen LogP) is -1.07. The van der Waals surface area contributed by atoms with Crippen molar-refractivity contribution < 1.29 is 24.5 Å². The Bertz CT molecular complexity index is 211. The average molecular weight is 237 g/mol. The number of nitrogens with one attached hydrogen (secondary N) is 1. The highest BCUT2D eigenvalue weighted by Gasteiger charge is 2.13. The maximum Gasteiger partial charge on any atom is 0.334 e. The van der Waals surface area contributed by atoms with Crippen LogP contribution in [0.2, 0.25) is 0 Å². The van der Waals surface area contributed by atoms with Crippen molar-refractivity contribution in [3.63, 3.8) is 0 Å². The van der Waals surface area contributed by atoms with Crippen LogP contribution in [0.1, 0.15) is 0 Å². The summed E-state index contributed by atoms with van der Waals surface area (Å²) in [7, 11) is 1.57. The number of hydrogen-bond acceptors (Lipinski definition) is 5. The monoisotopic (exact) mass is 237 g/mol. The van der Waals surface area contributed by atoms with Crippen LogP contribution in [-0.2, 0) is 14.3 Å². The Morgan fingerprint density at radius 1 is 1.53 bits per heavy atom. The van der Waals surface area contributed by atoms with Crippen LogP contribution in [0.3, 0.4) is 0 Å². The van der Waals surface area contributed by atoms with Gasteiger partial charge in [0.1, 0.15) is 0 Å². The minimum Gasteiger partial charge on any atom is -0.479 e. The summed E-state index contributed by atoms with van der Waals surface area (Å²) < 4.78 is 4.78. The third-order valence-electron chi connectivity index (χ3n) is 1.44. The van der Waals surface area contributed by atoms with E-state index in [2.05, 4.69) is 5.32 Å². The number of aliphatic hydroxyl groups excluding tert-OH is 1. The second kappa shape index (κ2) is 8.51. The van der Waals surface area contributed by atoms with Crippen LogP contribution in [0.5, 0.6) is 0 Å². The number of carbonyl (C=O) groups excluding carboxylic acids is 1. The zero-order chi connectivity index (χ0) is 11.7. The number of amides is 1. The molecule has 0 rings (SSSR count). The number of hydrogen-bond donors (Lipinski definition) is 3. The highest BCUT2D eigenvalue weighted by molar-refractivity contribution is 7.99. The summed E-state index contributed by atoms with van der Waals surface area (Å²) in [6.45, 7) is 0.300. The maximum atomic E-state index is 11.1. The van der Waals surface area contributed by atoms with Gasteiger partial charge in [0.15, 0.2) is 6.10 Å². The van der Waals surface area contributed by atoms with E-state index in [4.69, 9.17) is 14.9 Å². The highest BCUT2D eigenvalue weighted by Crippen LogP contribution is 1.98. The molecule has 15 heavy (non-hydrogen) atoms. The van der Waals surface area contributed by atoms with E-state index in [9.17, 15) is 9.59 Å². The third kappa shape index (κ3) is 8.22. The van der Waals surface area contributed by atoms with Gasteiger partial charge in [-0.25, -0.2) is 4.79 Å². The van der Waals surface area contributed by atoms with Crippen molar-refractivity contribution in [1.82, 2.24) is 5.32 Å². The molecule has 0 heterocycles. The molecule has 0 saturated carbocycles. The van der Waals surface area contributed by atoms with Crippen LogP contribution in [0.4, 0.5) is 0 Å². The van der Waals surface area contributed by atoms with Gasteiger partial charge in [0.2, 0.25) is 5.91 Å². The molecule has 0 aromatic heterocycles. The maximum absolute atomic E-state index is 11.1. The van der Waals surface area contributed by atoms with Gasteiger partial charge in [-0.3, -0.25) is 4.79 Å². The van der Waals surface area contributed by atoms with Crippen LogP contribution in [-0.4, -0.2) is 60.0 Å². The first-order valence-electron chi connectivity index (χ1n) is 4.32. The summed E-state index contributed by atoms with van der Waals surface area (Å²) in [5, 5.41) is 19.5. The number of aliphatic hydroxyl groups is 1. The normalized spacial score (nSPS) is 12.1. The van der Waals surface area contributed by atoms with Crippen molar-refractivity contribution in [1.29, 1.82) is 0 Å². The third-order valence-corrected chi connectivity index (χ3v) is 2.36. The van der Waals surface area contributed by atoms with Gasteiger partial charge in [0.05, 0.1) is 18.9 Å². The van der Waals surface area contributed by atoms with Gasteiger partial charge >= 0.3 is 5.97 Å². The second-order valence-electron chi connectivity index (χ2n) is 2.70. The molecule has 0 spiro atoms. The minimum atomic E-state index is -1.54. The number of ether oxygens (including phenoxy) is 1.